The summed E-state index contributed by atoms with van der Waals surface area (Å²) in [5.41, 5.74) is 3.20. The highest BCUT2D eigenvalue weighted by Gasteiger charge is 2.16. The molecule has 3 rings (SSSR count). The van der Waals surface area contributed by atoms with Gasteiger partial charge in [-0.2, -0.15) is 0 Å². The van der Waals surface area contributed by atoms with Crippen LogP contribution in [0.1, 0.15) is 24.1 Å². The SMILES string of the molecule is Cc1ccc(-c2nc(CC(=O)NC3CCNCC3)cs2)cc1. The Kier molecular flexibility index (Phi) is 4.85. The van der Waals surface area contributed by atoms with Crippen molar-refractivity contribution in [3.63, 3.8) is 0 Å². The van der Waals surface area contributed by atoms with E-state index in [9.17, 15) is 4.79 Å². The number of hydrogen-bond acceptors (Lipinski definition) is 4. The van der Waals surface area contributed by atoms with Crippen LogP contribution >= 0.6 is 11.3 Å². The molecular formula is C17H21N3OS. The number of nitrogens with one attached hydrogen (secondary N) is 2. The van der Waals surface area contributed by atoms with E-state index in [2.05, 4.69) is 46.8 Å². The molecule has 0 unspecified atom stereocenters. The zero-order valence-electron chi connectivity index (χ0n) is 12.8. The van der Waals surface area contributed by atoms with E-state index < -0.39 is 0 Å². The molecule has 2 heterocycles. The van der Waals surface area contributed by atoms with Gasteiger partial charge in [0.1, 0.15) is 5.01 Å². The van der Waals surface area contributed by atoms with Crippen LogP contribution in [0.25, 0.3) is 10.6 Å². The van der Waals surface area contributed by atoms with Crippen molar-refractivity contribution in [1.29, 1.82) is 0 Å². The molecule has 1 fully saturated rings. The molecule has 5 heteroatoms. The molecule has 0 saturated carbocycles. The summed E-state index contributed by atoms with van der Waals surface area (Å²) in [5.74, 6) is 0.0765. The Hall–Kier alpha value is -1.72. The maximum atomic E-state index is 12.1. The van der Waals surface area contributed by atoms with Gasteiger partial charge < -0.3 is 10.6 Å². The Morgan fingerprint density at radius 2 is 2.05 bits per heavy atom. The molecular weight excluding hydrogens is 294 g/mol. The fraction of sp³-hybridized carbons (Fsp3) is 0.412. The molecule has 0 bridgehead atoms. The van der Waals surface area contributed by atoms with Gasteiger partial charge in [-0.3, -0.25) is 4.79 Å². The Bertz CT molecular complexity index is 630. The van der Waals surface area contributed by atoms with Crippen molar-refractivity contribution in [2.45, 2.75) is 32.2 Å². The van der Waals surface area contributed by atoms with E-state index in [1.807, 2.05) is 5.38 Å². The Morgan fingerprint density at radius 1 is 1.32 bits per heavy atom. The largest absolute Gasteiger partial charge is 0.353 e. The van der Waals surface area contributed by atoms with Crippen molar-refractivity contribution >= 4 is 17.2 Å². The van der Waals surface area contributed by atoms with Crippen molar-refractivity contribution in [1.82, 2.24) is 15.6 Å². The highest BCUT2D eigenvalue weighted by molar-refractivity contribution is 7.13. The van der Waals surface area contributed by atoms with Gasteiger partial charge in [-0.15, -0.1) is 11.3 Å². The van der Waals surface area contributed by atoms with Gasteiger partial charge in [0.2, 0.25) is 5.91 Å². The van der Waals surface area contributed by atoms with Gasteiger partial charge in [0.25, 0.3) is 0 Å². The highest BCUT2D eigenvalue weighted by Crippen LogP contribution is 2.24. The molecule has 1 aliphatic heterocycles. The number of carbonyl (C=O) groups excluding carboxylic acids is 1. The van der Waals surface area contributed by atoms with Gasteiger partial charge in [-0.1, -0.05) is 29.8 Å². The molecule has 2 aromatic rings. The summed E-state index contributed by atoms with van der Waals surface area (Å²) < 4.78 is 0. The monoisotopic (exact) mass is 315 g/mol. The second-order valence-electron chi connectivity index (χ2n) is 5.78. The fourth-order valence-corrected chi connectivity index (χ4v) is 3.45. The first-order valence-electron chi connectivity index (χ1n) is 7.72. The zero-order valence-corrected chi connectivity index (χ0v) is 13.6. The summed E-state index contributed by atoms with van der Waals surface area (Å²) in [6.45, 7) is 4.04. The average Bonchev–Trinajstić information content (AvgIpc) is 2.97. The van der Waals surface area contributed by atoms with E-state index in [1.54, 1.807) is 11.3 Å². The number of nitrogens with zero attached hydrogens (tertiary/aromatic N) is 1. The number of rotatable bonds is 4. The topological polar surface area (TPSA) is 54.0 Å². The summed E-state index contributed by atoms with van der Waals surface area (Å²) in [4.78, 5) is 16.7. The molecule has 1 aromatic carbocycles. The quantitative estimate of drug-likeness (QED) is 0.911. The lowest BCUT2D eigenvalue weighted by molar-refractivity contribution is -0.121. The number of hydrogen-bond donors (Lipinski definition) is 2. The third-order valence-electron chi connectivity index (χ3n) is 3.90. The summed E-state index contributed by atoms with van der Waals surface area (Å²) >= 11 is 1.60. The predicted molar refractivity (Wildman–Crippen MR) is 90.0 cm³/mol. The molecule has 0 aliphatic carbocycles. The van der Waals surface area contributed by atoms with Gasteiger partial charge in [-0.25, -0.2) is 4.98 Å². The first-order chi connectivity index (χ1) is 10.7. The minimum absolute atomic E-state index is 0.0765. The van der Waals surface area contributed by atoms with Crippen molar-refractivity contribution in [2.75, 3.05) is 13.1 Å². The number of aryl methyl sites for hydroxylation is 1. The molecule has 1 aromatic heterocycles. The van der Waals surface area contributed by atoms with Gasteiger partial charge in [0.05, 0.1) is 12.1 Å². The van der Waals surface area contributed by atoms with Crippen molar-refractivity contribution in [2.24, 2.45) is 0 Å². The third kappa shape index (κ3) is 3.93. The van der Waals surface area contributed by atoms with E-state index in [1.165, 1.54) is 5.56 Å². The van der Waals surface area contributed by atoms with Crippen LogP contribution in [0.2, 0.25) is 0 Å². The van der Waals surface area contributed by atoms with Crippen LogP contribution in [0.3, 0.4) is 0 Å². The van der Waals surface area contributed by atoms with Crippen LogP contribution in [-0.4, -0.2) is 30.0 Å². The molecule has 1 saturated heterocycles. The highest BCUT2D eigenvalue weighted by atomic mass is 32.1. The third-order valence-corrected chi connectivity index (χ3v) is 4.84. The standard InChI is InChI=1S/C17H21N3OS/c1-12-2-4-13(5-3-12)17-20-15(11-22-17)10-16(21)19-14-6-8-18-9-7-14/h2-5,11,14,18H,6-10H2,1H3,(H,19,21). The van der Waals surface area contributed by atoms with E-state index in [4.69, 9.17) is 0 Å². The van der Waals surface area contributed by atoms with Crippen LogP contribution in [0.15, 0.2) is 29.6 Å². The Morgan fingerprint density at radius 3 is 2.77 bits per heavy atom. The summed E-state index contributed by atoms with van der Waals surface area (Å²) in [6, 6.07) is 8.63. The number of carbonyl (C=O) groups is 1. The number of aromatic nitrogens is 1. The first kappa shape index (κ1) is 15.2. The predicted octanol–water partition coefficient (Wildman–Crippen LogP) is 2.53. The number of thiazole rings is 1. The molecule has 0 spiro atoms. The normalized spacial score (nSPS) is 15.7. The van der Waals surface area contributed by atoms with Gasteiger partial charge in [0, 0.05) is 17.0 Å². The molecule has 22 heavy (non-hydrogen) atoms. The zero-order chi connectivity index (χ0) is 15.4. The Balaban J connectivity index is 1.59. The first-order valence-corrected chi connectivity index (χ1v) is 8.60. The van der Waals surface area contributed by atoms with Crippen LogP contribution in [0, 0.1) is 6.92 Å². The molecule has 2 N–H and O–H groups in total. The molecule has 0 radical (unpaired) electrons. The van der Waals surface area contributed by atoms with Crippen LogP contribution < -0.4 is 10.6 Å². The smallest absolute Gasteiger partial charge is 0.226 e. The minimum Gasteiger partial charge on any atom is -0.353 e. The summed E-state index contributed by atoms with van der Waals surface area (Å²) in [6.07, 6.45) is 2.39. The van der Waals surface area contributed by atoms with Crippen LogP contribution in [-0.2, 0) is 11.2 Å². The lowest BCUT2D eigenvalue weighted by Crippen LogP contribution is -2.43. The molecule has 1 aliphatic rings. The molecule has 0 atom stereocenters. The Labute approximate surface area is 135 Å². The average molecular weight is 315 g/mol. The number of benzene rings is 1. The van der Waals surface area contributed by atoms with E-state index in [0.717, 1.165) is 42.2 Å². The second kappa shape index (κ2) is 7.03. The maximum absolute atomic E-state index is 12.1. The van der Waals surface area contributed by atoms with Crippen LogP contribution in [0.5, 0.6) is 0 Å². The fourth-order valence-electron chi connectivity index (χ4n) is 2.63. The minimum atomic E-state index is 0.0765. The van der Waals surface area contributed by atoms with Crippen LogP contribution in [0.4, 0.5) is 0 Å². The summed E-state index contributed by atoms with van der Waals surface area (Å²) in [5, 5.41) is 9.37. The molecule has 1 amide bonds. The van der Waals surface area contributed by atoms with Gasteiger partial charge >= 0.3 is 0 Å². The van der Waals surface area contributed by atoms with Crippen molar-refractivity contribution in [3.8, 4) is 10.6 Å². The van der Waals surface area contributed by atoms with E-state index in [0.29, 0.717) is 12.5 Å². The second-order valence-corrected chi connectivity index (χ2v) is 6.64. The van der Waals surface area contributed by atoms with Gasteiger partial charge in [0.15, 0.2) is 0 Å². The lowest BCUT2D eigenvalue weighted by Gasteiger charge is -2.23. The van der Waals surface area contributed by atoms with E-state index in [-0.39, 0.29) is 5.91 Å². The van der Waals surface area contributed by atoms with Gasteiger partial charge in [-0.05, 0) is 32.9 Å². The number of piperidine rings is 1. The molecule has 116 valence electrons. The van der Waals surface area contributed by atoms with Crippen molar-refractivity contribution in [3.05, 3.63) is 40.9 Å². The van der Waals surface area contributed by atoms with E-state index >= 15 is 0 Å². The summed E-state index contributed by atoms with van der Waals surface area (Å²) in [7, 11) is 0. The maximum Gasteiger partial charge on any atom is 0.226 e. The van der Waals surface area contributed by atoms with Crippen molar-refractivity contribution < 1.29 is 4.79 Å². The lowest BCUT2D eigenvalue weighted by atomic mass is 10.1. The number of amides is 1. The molecule has 4 nitrogen and oxygen atoms in total.